The monoisotopic (exact) mass is 290 g/mol. The van der Waals surface area contributed by atoms with Crippen LogP contribution in [0.3, 0.4) is 0 Å². The Bertz CT molecular complexity index is 838. The topological polar surface area (TPSA) is 67.2 Å². The van der Waals surface area contributed by atoms with Gasteiger partial charge in [-0.05, 0) is 17.7 Å². The summed E-state index contributed by atoms with van der Waals surface area (Å²) in [4.78, 5) is 19.7. The van der Waals surface area contributed by atoms with Crippen LogP contribution in [0, 0.1) is 0 Å². The van der Waals surface area contributed by atoms with Gasteiger partial charge in [-0.15, -0.1) is 0 Å². The second-order valence-corrected chi connectivity index (χ2v) is 4.76. The molecule has 0 atom stereocenters. The Balaban J connectivity index is 1.86. The number of hydrogen-bond donors (Lipinski definition) is 1. The first-order chi connectivity index (χ1) is 10.8. The van der Waals surface area contributed by atoms with E-state index in [0.717, 1.165) is 22.0 Å². The standard InChI is InChI=1S/C17H14N4O/c1-12(20-21-17(22)16-11-18-9-10-19-16)14-8-4-6-13-5-2-3-7-15(13)14/h2-11H,1H3,(H,21,22). The summed E-state index contributed by atoms with van der Waals surface area (Å²) in [6.07, 6.45) is 4.38. The van der Waals surface area contributed by atoms with Gasteiger partial charge in [-0.3, -0.25) is 9.78 Å². The van der Waals surface area contributed by atoms with Gasteiger partial charge in [0.05, 0.1) is 11.9 Å². The molecule has 0 saturated heterocycles. The van der Waals surface area contributed by atoms with Gasteiger partial charge in [-0.1, -0.05) is 42.5 Å². The summed E-state index contributed by atoms with van der Waals surface area (Å²) in [6, 6.07) is 14.1. The second kappa shape index (κ2) is 6.13. The highest BCUT2D eigenvalue weighted by Crippen LogP contribution is 2.18. The normalized spacial score (nSPS) is 11.4. The van der Waals surface area contributed by atoms with Crippen LogP contribution in [-0.2, 0) is 0 Å². The molecule has 1 aromatic heterocycles. The van der Waals surface area contributed by atoms with Crippen LogP contribution in [-0.4, -0.2) is 21.6 Å². The van der Waals surface area contributed by atoms with Crippen molar-refractivity contribution in [3.63, 3.8) is 0 Å². The molecule has 0 spiro atoms. The van der Waals surface area contributed by atoms with E-state index in [9.17, 15) is 4.79 Å². The predicted octanol–water partition coefficient (Wildman–Crippen LogP) is 2.78. The number of carbonyl (C=O) groups is 1. The smallest absolute Gasteiger partial charge is 0.265 e. The first-order valence-corrected chi connectivity index (χ1v) is 6.84. The summed E-state index contributed by atoms with van der Waals surface area (Å²) in [5.41, 5.74) is 4.46. The zero-order valence-electron chi connectivity index (χ0n) is 12.0. The van der Waals surface area contributed by atoms with Crippen LogP contribution in [0.4, 0.5) is 0 Å². The molecule has 0 radical (unpaired) electrons. The van der Waals surface area contributed by atoms with Gasteiger partial charge in [0, 0.05) is 18.0 Å². The third-order valence-corrected chi connectivity index (χ3v) is 3.30. The summed E-state index contributed by atoms with van der Waals surface area (Å²) in [5, 5.41) is 6.40. The van der Waals surface area contributed by atoms with Gasteiger partial charge in [0.15, 0.2) is 0 Å². The molecule has 2 aromatic carbocycles. The zero-order valence-corrected chi connectivity index (χ0v) is 12.0. The van der Waals surface area contributed by atoms with Gasteiger partial charge in [0.2, 0.25) is 0 Å². The van der Waals surface area contributed by atoms with Crippen LogP contribution in [0.15, 0.2) is 66.2 Å². The summed E-state index contributed by atoms with van der Waals surface area (Å²) in [5.74, 6) is -0.382. The van der Waals surface area contributed by atoms with Crippen molar-refractivity contribution in [2.24, 2.45) is 5.10 Å². The van der Waals surface area contributed by atoms with Crippen molar-refractivity contribution in [1.82, 2.24) is 15.4 Å². The lowest BCUT2D eigenvalue weighted by atomic mass is 10.0. The molecule has 1 amide bonds. The molecule has 0 fully saturated rings. The summed E-state index contributed by atoms with van der Waals surface area (Å²) in [6.45, 7) is 1.86. The van der Waals surface area contributed by atoms with Crippen molar-refractivity contribution in [2.45, 2.75) is 6.92 Å². The Hall–Kier alpha value is -3.08. The molecule has 0 unspecified atom stereocenters. The summed E-state index contributed by atoms with van der Waals surface area (Å²) in [7, 11) is 0. The molecule has 0 saturated carbocycles. The maximum absolute atomic E-state index is 11.9. The summed E-state index contributed by atoms with van der Waals surface area (Å²) >= 11 is 0. The predicted molar refractivity (Wildman–Crippen MR) is 85.7 cm³/mol. The number of aromatic nitrogens is 2. The zero-order chi connectivity index (χ0) is 15.4. The average molecular weight is 290 g/mol. The maximum atomic E-state index is 11.9. The Morgan fingerprint density at radius 3 is 2.73 bits per heavy atom. The highest BCUT2D eigenvalue weighted by molar-refractivity contribution is 6.10. The van der Waals surface area contributed by atoms with Crippen LogP contribution < -0.4 is 5.43 Å². The Morgan fingerprint density at radius 2 is 1.91 bits per heavy atom. The molecule has 108 valence electrons. The van der Waals surface area contributed by atoms with E-state index in [-0.39, 0.29) is 11.6 Å². The highest BCUT2D eigenvalue weighted by Gasteiger charge is 2.07. The van der Waals surface area contributed by atoms with E-state index in [2.05, 4.69) is 20.5 Å². The highest BCUT2D eigenvalue weighted by atomic mass is 16.2. The molecule has 0 bridgehead atoms. The van der Waals surface area contributed by atoms with Crippen molar-refractivity contribution in [3.05, 3.63) is 72.3 Å². The number of amides is 1. The van der Waals surface area contributed by atoms with E-state index in [1.807, 2.05) is 49.4 Å². The second-order valence-electron chi connectivity index (χ2n) is 4.76. The van der Waals surface area contributed by atoms with Crippen molar-refractivity contribution in [1.29, 1.82) is 0 Å². The largest absolute Gasteiger partial charge is 0.291 e. The fourth-order valence-electron chi connectivity index (χ4n) is 2.21. The minimum atomic E-state index is -0.382. The molecule has 1 heterocycles. The molecule has 0 aliphatic carbocycles. The molecular formula is C17H14N4O. The maximum Gasteiger partial charge on any atom is 0.291 e. The lowest BCUT2D eigenvalue weighted by molar-refractivity contribution is 0.0949. The number of fused-ring (bicyclic) bond motifs is 1. The quantitative estimate of drug-likeness (QED) is 0.596. The average Bonchev–Trinajstić information content (AvgIpc) is 2.59. The molecule has 0 aliphatic rings. The van der Waals surface area contributed by atoms with Crippen LogP contribution in [0.2, 0.25) is 0 Å². The fourth-order valence-corrected chi connectivity index (χ4v) is 2.21. The van der Waals surface area contributed by atoms with Gasteiger partial charge in [0.25, 0.3) is 5.91 Å². The third-order valence-electron chi connectivity index (χ3n) is 3.30. The Kier molecular flexibility index (Phi) is 3.87. The molecule has 1 N–H and O–H groups in total. The van der Waals surface area contributed by atoms with Crippen molar-refractivity contribution in [3.8, 4) is 0 Å². The third kappa shape index (κ3) is 2.83. The van der Waals surface area contributed by atoms with E-state index in [1.165, 1.54) is 18.6 Å². The van der Waals surface area contributed by atoms with Crippen molar-refractivity contribution < 1.29 is 4.79 Å². The molecule has 0 aliphatic heterocycles. The van der Waals surface area contributed by atoms with Crippen LogP contribution in [0.25, 0.3) is 10.8 Å². The van der Waals surface area contributed by atoms with Crippen LogP contribution in [0.1, 0.15) is 23.0 Å². The number of nitrogens with one attached hydrogen (secondary N) is 1. The van der Waals surface area contributed by atoms with Crippen molar-refractivity contribution in [2.75, 3.05) is 0 Å². The molecular weight excluding hydrogens is 276 g/mol. The van der Waals surface area contributed by atoms with Crippen LogP contribution in [0.5, 0.6) is 0 Å². The van der Waals surface area contributed by atoms with Gasteiger partial charge >= 0.3 is 0 Å². The van der Waals surface area contributed by atoms with Gasteiger partial charge in [0.1, 0.15) is 5.69 Å². The first kappa shape index (κ1) is 13.9. The minimum Gasteiger partial charge on any atom is -0.265 e. The van der Waals surface area contributed by atoms with Crippen LogP contribution >= 0.6 is 0 Å². The molecule has 22 heavy (non-hydrogen) atoms. The number of rotatable bonds is 3. The first-order valence-electron chi connectivity index (χ1n) is 6.84. The number of hydrazone groups is 1. The minimum absolute atomic E-state index is 0.233. The SMILES string of the molecule is CC(=NNC(=O)c1cnccn1)c1cccc2ccccc12. The number of carbonyl (C=O) groups excluding carboxylic acids is 1. The Morgan fingerprint density at radius 1 is 1.09 bits per heavy atom. The van der Waals surface area contributed by atoms with E-state index >= 15 is 0 Å². The lowest BCUT2D eigenvalue weighted by Crippen LogP contribution is -2.20. The van der Waals surface area contributed by atoms with Gasteiger partial charge in [-0.25, -0.2) is 10.4 Å². The fraction of sp³-hybridized carbons (Fsp3) is 0.0588. The molecule has 5 nitrogen and oxygen atoms in total. The molecule has 3 aromatic rings. The van der Waals surface area contributed by atoms with E-state index in [0.29, 0.717) is 0 Å². The number of nitrogens with zero attached hydrogens (tertiary/aromatic N) is 3. The Labute approximate surface area is 127 Å². The molecule has 3 rings (SSSR count). The molecule has 5 heteroatoms. The van der Waals surface area contributed by atoms with E-state index < -0.39 is 0 Å². The van der Waals surface area contributed by atoms with E-state index in [1.54, 1.807) is 0 Å². The van der Waals surface area contributed by atoms with Gasteiger partial charge in [-0.2, -0.15) is 5.10 Å². The van der Waals surface area contributed by atoms with Crippen molar-refractivity contribution >= 4 is 22.4 Å². The lowest BCUT2D eigenvalue weighted by Gasteiger charge is -2.06. The van der Waals surface area contributed by atoms with Gasteiger partial charge < -0.3 is 0 Å². The number of hydrogen-bond acceptors (Lipinski definition) is 4. The number of benzene rings is 2. The van der Waals surface area contributed by atoms with E-state index in [4.69, 9.17) is 0 Å². The summed E-state index contributed by atoms with van der Waals surface area (Å²) < 4.78 is 0.